The molecule has 1 aliphatic heterocycles. The largest absolute Gasteiger partial charge is 0.341 e. The molecule has 2 aromatic heterocycles. The summed E-state index contributed by atoms with van der Waals surface area (Å²) in [5.74, 6) is 1.32. The normalized spacial score (nSPS) is 18.0. The Kier molecular flexibility index (Phi) is 4.04. The van der Waals surface area contributed by atoms with Crippen LogP contribution in [0.5, 0.6) is 0 Å². The molecule has 1 fully saturated rings. The van der Waals surface area contributed by atoms with Gasteiger partial charge in [0, 0.05) is 37.6 Å². The third-order valence-corrected chi connectivity index (χ3v) is 5.13. The number of rotatable bonds is 3. The molecule has 0 amide bonds. The Morgan fingerprint density at radius 3 is 2.88 bits per heavy atom. The molecule has 2 aliphatic rings. The zero-order valence-electron chi connectivity index (χ0n) is 14.1. The molecule has 0 unspecified atom stereocenters. The Balaban J connectivity index is 1.41. The van der Waals surface area contributed by atoms with E-state index in [4.69, 9.17) is 0 Å². The van der Waals surface area contributed by atoms with Crippen molar-refractivity contribution in [2.75, 3.05) is 18.0 Å². The summed E-state index contributed by atoms with van der Waals surface area (Å²) in [7, 11) is 0. The van der Waals surface area contributed by atoms with Crippen molar-refractivity contribution in [1.29, 1.82) is 0 Å². The van der Waals surface area contributed by atoms with E-state index in [9.17, 15) is 4.79 Å². The second-order valence-electron chi connectivity index (χ2n) is 6.92. The first-order valence-corrected chi connectivity index (χ1v) is 8.83. The van der Waals surface area contributed by atoms with Crippen LogP contribution in [0.15, 0.2) is 23.1 Å². The van der Waals surface area contributed by atoms with Crippen molar-refractivity contribution >= 4 is 5.95 Å². The molecule has 24 heavy (non-hydrogen) atoms. The van der Waals surface area contributed by atoms with Crippen LogP contribution in [0, 0.1) is 12.8 Å². The van der Waals surface area contributed by atoms with Gasteiger partial charge >= 0.3 is 0 Å². The first-order valence-electron chi connectivity index (χ1n) is 8.83. The Labute approximate surface area is 141 Å². The molecule has 0 saturated carbocycles. The van der Waals surface area contributed by atoms with E-state index < -0.39 is 0 Å². The molecule has 6 heteroatoms. The van der Waals surface area contributed by atoms with Crippen LogP contribution in [-0.4, -0.2) is 32.8 Å². The smallest absolute Gasteiger partial charge is 0.267 e. The fraction of sp³-hybridized carbons (Fsp3) is 0.556. The molecule has 1 saturated heterocycles. The Bertz CT molecular complexity index is 792. The number of hydrogen-bond donors (Lipinski definition) is 0. The Hall–Kier alpha value is -2.24. The molecule has 2 aromatic rings. The van der Waals surface area contributed by atoms with Gasteiger partial charge in [-0.3, -0.25) is 4.79 Å². The van der Waals surface area contributed by atoms with Gasteiger partial charge in [-0.05, 0) is 56.6 Å². The van der Waals surface area contributed by atoms with Crippen molar-refractivity contribution in [2.45, 2.75) is 45.6 Å². The first kappa shape index (κ1) is 15.3. The van der Waals surface area contributed by atoms with E-state index in [1.165, 1.54) is 0 Å². The predicted molar refractivity (Wildman–Crippen MR) is 92.2 cm³/mol. The van der Waals surface area contributed by atoms with E-state index in [0.29, 0.717) is 5.92 Å². The number of aryl methyl sites for hydroxylation is 3. The van der Waals surface area contributed by atoms with Crippen LogP contribution in [0.1, 0.15) is 36.2 Å². The maximum absolute atomic E-state index is 12.2. The summed E-state index contributed by atoms with van der Waals surface area (Å²) in [4.78, 5) is 23.4. The predicted octanol–water partition coefficient (Wildman–Crippen LogP) is 1.75. The number of aromatic nitrogens is 4. The summed E-state index contributed by atoms with van der Waals surface area (Å²) in [6, 6.07) is 3.72. The fourth-order valence-electron chi connectivity index (χ4n) is 3.72. The lowest BCUT2D eigenvalue weighted by molar-refractivity contribution is 0.332. The van der Waals surface area contributed by atoms with Crippen molar-refractivity contribution in [3.63, 3.8) is 0 Å². The number of hydrogen-bond acceptors (Lipinski definition) is 5. The topological polar surface area (TPSA) is 63.9 Å². The van der Waals surface area contributed by atoms with Gasteiger partial charge in [-0.15, -0.1) is 0 Å². The van der Waals surface area contributed by atoms with E-state index >= 15 is 0 Å². The highest BCUT2D eigenvalue weighted by Crippen LogP contribution is 2.22. The summed E-state index contributed by atoms with van der Waals surface area (Å²) < 4.78 is 1.69. The molecular formula is C18H23N5O. The van der Waals surface area contributed by atoms with Crippen LogP contribution in [0.3, 0.4) is 0 Å². The monoisotopic (exact) mass is 325 g/mol. The van der Waals surface area contributed by atoms with Gasteiger partial charge in [0.05, 0.1) is 5.69 Å². The van der Waals surface area contributed by atoms with Crippen molar-refractivity contribution in [3.8, 4) is 0 Å². The molecule has 4 rings (SSSR count). The average Bonchev–Trinajstić information content (AvgIpc) is 3.03. The zero-order valence-corrected chi connectivity index (χ0v) is 14.1. The molecule has 0 spiro atoms. The van der Waals surface area contributed by atoms with Crippen LogP contribution in [0.4, 0.5) is 5.95 Å². The molecule has 0 radical (unpaired) electrons. The molecule has 0 atom stereocenters. The summed E-state index contributed by atoms with van der Waals surface area (Å²) in [5, 5.41) is 4.60. The quantitative estimate of drug-likeness (QED) is 0.860. The highest BCUT2D eigenvalue weighted by molar-refractivity contribution is 5.30. The van der Waals surface area contributed by atoms with E-state index in [1.807, 2.05) is 19.2 Å². The average molecular weight is 325 g/mol. The summed E-state index contributed by atoms with van der Waals surface area (Å²) in [5.41, 5.74) is 3.33. The Morgan fingerprint density at radius 2 is 2.08 bits per heavy atom. The third kappa shape index (κ3) is 3.05. The third-order valence-electron chi connectivity index (χ3n) is 5.13. The summed E-state index contributed by atoms with van der Waals surface area (Å²) in [6.07, 6.45) is 7.05. The lowest BCUT2D eigenvalue weighted by atomic mass is 9.97. The number of anilines is 1. The molecule has 6 nitrogen and oxygen atoms in total. The summed E-state index contributed by atoms with van der Waals surface area (Å²) in [6.45, 7) is 4.60. The van der Waals surface area contributed by atoms with E-state index in [2.05, 4.69) is 20.0 Å². The highest BCUT2D eigenvalue weighted by Gasteiger charge is 2.23. The molecule has 3 heterocycles. The fourth-order valence-corrected chi connectivity index (χ4v) is 3.72. The van der Waals surface area contributed by atoms with Crippen molar-refractivity contribution in [2.24, 2.45) is 5.92 Å². The van der Waals surface area contributed by atoms with Crippen molar-refractivity contribution in [3.05, 3.63) is 45.6 Å². The molecule has 0 aromatic carbocycles. The highest BCUT2D eigenvalue weighted by atomic mass is 16.1. The van der Waals surface area contributed by atoms with Gasteiger partial charge in [0.1, 0.15) is 0 Å². The van der Waals surface area contributed by atoms with Gasteiger partial charge in [0.25, 0.3) is 5.56 Å². The van der Waals surface area contributed by atoms with E-state index in [0.717, 1.165) is 74.6 Å². The van der Waals surface area contributed by atoms with Gasteiger partial charge in [-0.25, -0.2) is 14.6 Å². The van der Waals surface area contributed by atoms with Gasteiger partial charge in [-0.2, -0.15) is 5.10 Å². The van der Waals surface area contributed by atoms with Crippen LogP contribution < -0.4 is 10.5 Å². The number of fused-ring (bicyclic) bond motifs is 1. The molecule has 126 valence electrons. The van der Waals surface area contributed by atoms with Crippen LogP contribution in [0.2, 0.25) is 0 Å². The lowest BCUT2D eigenvalue weighted by Gasteiger charge is -2.32. The minimum atomic E-state index is 0.0556. The maximum atomic E-state index is 12.2. The zero-order chi connectivity index (χ0) is 16.5. The van der Waals surface area contributed by atoms with Crippen LogP contribution >= 0.6 is 0 Å². The Morgan fingerprint density at radius 1 is 1.25 bits per heavy atom. The molecule has 0 N–H and O–H groups in total. The molecule has 1 aliphatic carbocycles. The van der Waals surface area contributed by atoms with Gasteiger partial charge in [0.15, 0.2) is 0 Å². The van der Waals surface area contributed by atoms with Gasteiger partial charge in [0.2, 0.25) is 5.95 Å². The first-order chi connectivity index (χ1) is 11.7. The minimum absolute atomic E-state index is 0.0556. The van der Waals surface area contributed by atoms with Gasteiger partial charge < -0.3 is 4.90 Å². The lowest BCUT2D eigenvalue weighted by Crippen LogP contribution is -2.37. The minimum Gasteiger partial charge on any atom is -0.341 e. The van der Waals surface area contributed by atoms with E-state index in [-0.39, 0.29) is 5.56 Å². The second-order valence-corrected chi connectivity index (χ2v) is 6.92. The molecule has 0 bridgehead atoms. The SMILES string of the molecule is Cc1ccnc(N2CCC(Cn3nc4c(cc3=O)CCC4)CC2)n1. The van der Waals surface area contributed by atoms with Gasteiger partial charge in [-0.1, -0.05) is 0 Å². The number of piperidine rings is 1. The molecular weight excluding hydrogens is 302 g/mol. The number of nitrogens with zero attached hydrogens (tertiary/aromatic N) is 5. The van der Waals surface area contributed by atoms with E-state index in [1.54, 1.807) is 10.7 Å². The van der Waals surface area contributed by atoms with Crippen molar-refractivity contribution < 1.29 is 0 Å². The summed E-state index contributed by atoms with van der Waals surface area (Å²) >= 11 is 0. The van der Waals surface area contributed by atoms with Crippen LogP contribution in [0.25, 0.3) is 0 Å². The standard InChI is InChI=1S/C18H23N5O/c1-13-5-8-19-18(20-13)22-9-6-14(7-10-22)12-23-17(24)11-15-3-2-4-16(15)21-23/h5,8,11,14H,2-4,6-7,9-10,12H2,1H3. The second kappa shape index (κ2) is 6.34. The van der Waals surface area contributed by atoms with Crippen molar-refractivity contribution in [1.82, 2.24) is 19.7 Å². The maximum Gasteiger partial charge on any atom is 0.267 e. The van der Waals surface area contributed by atoms with Crippen LogP contribution in [-0.2, 0) is 19.4 Å².